The monoisotopic (exact) mass is 239 g/mol. The Labute approximate surface area is 78.5 Å². The third-order valence-corrected chi connectivity index (χ3v) is 1.31. The summed E-state index contributed by atoms with van der Waals surface area (Å²) in [5.74, 6) is -15.0. The molecule has 0 fully saturated rings. The van der Waals surface area contributed by atoms with E-state index in [0.717, 1.165) is 0 Å². The molecule has 0 aliphatic carbocycles. The maximum atomic E-state index is 12.4. The number of alkyl halides is 7. The average Bonchev–Trinajstić information content (AvgIpc) is 2.02. The molecule has 0 unspecified atom stereocenters. The Morgan fingerprint density at radius 3 is 1.67 bits per heavy atom. The minimum absolute atomic E-state index is 0.142. The number of hydrogen-bond acceptors (Lipinski definition) is 2. The summed E-state index contributed by atoms with van der Waals surface area (Å²) in [6, 6.07) is 0. The number of rotatable bonds is 3. The van der Waals surface area contributed by atoms with Crippen LogP contribution in [0.4, 0.5) is 30.7 Å². The second-order valence-electron chi connectivity index (χ2n) is 2.37. The summed E-state index contributed by atoms with van der Waals surface area (Å²) in [6.07, 6.45) is -6.64. The Hall–Kier alpha value is -1.28. The van der Waals surface area contributed by atoms with E-state index in [4.69, 9.17) is 0 Å². The molecule has 0 saturated heterocycles. The highest BCUT2D eigenvalue weighted by Crippen LogP contribution is 2.46. The molecule has 0 radical (unpaired) electrons. The van der Waals surface area contributed by atoms with Gasteiger partial charge in [-0.2, -0.15) is 30.7 Å². The summed E-state index contributed by atoms with van der Waals surface area (Å²) in [6.45, 7) is 0. The molecule has 0 saturated carbocycles. The molecule has 0 aliphatic rings. The fourth-order valence-electron chi connectivity index (χ4n) is 0.525. The molecule has 0 rings (SSSR count). The lowest BCUT2D eigenvalue weighted by molar-refractivity contribution is -0.342. The van der Waals surface area contributed by atoms with E-state index in [9.17, 15) is 35.5 Å². The lowest BCUT2D eigenvalue weighted by atomic mass is 10.1. The highest BCUT2D eigenvalue weighted by Gasteiger charge is 2.75. The first-order valence-corrected chi connectivity index (χ1v) is 3.23. The van der Waals surface area contributed by atoms with Crippen molar-refractivity contribution in [2.75, 3.05) is 0 Å². The quantitative estimate of drug-likeness (QED) is 0.603. The van der Waals surface area contributed by atoms with Crippen molar-refractivity contribution in [2.45, 2.75) is 18.0 Å². The van der Waals surface area contributed by atoms with Crippen LogP contribution < -0.4 is 5.73 Å². The topological polar surface area (TPSA) is 43.1 Å². The van der Waals surface area contributed by atoms with Gasteiger partial charge in [-0.1, -0.05) is 0 Å². The van der Waals surface area contributed by atoms with Crippen molar-refractivity contribution in [3.8, 4) is 0 Å². The Morgan fingerprint density at radius 1 is 1.00 bits per heavy atom. The highest BCUT2D eigenvalue weighted by molar-refractivity contribution is 5.96. The molecule has 0 amide bonds. The van der Waals surface area contributed by atoms with Gasteiger partial charge in [-0.05, 0) is 6.20 Å². The van der Waals surface area contributed by atoms with Gasteiger partial charge in [-0.3, -0.25) is 4.79 Å². The largest absolute Gasteiger partial charge is 0.460 e. The van der Waals surface area contributed by atoms with Crippen LogP contribution in [0.3, 0.4) is 0 Å². The van der Waals surface area contributed by atoms with Crippen molar-refractivity contribution in [3.05, 3.63) is 12.3 Å². The van der Waals surface area contributed by atoms with Crippen LogP contribution in [0.15, 0.2) is 12.3 Å². The predicted molar refractivity (Wildman–Crippen MR) is 34.3 cm³/mol. The zero-order valence-electron chi connectivity index (χ0n) is 6.79. The molecular formula is C6H4F7NO. The third-order valence-electron chi connectivity index (χ3n) is 1.31. The molecule has 0 atom stereocenters. The van der Waals surface area contributed by atoms with E-state index in [1.807, 2.05) is 0 Å². The van der Waals surface area contributed by atoms with Crippen molar-refractivity contribution < 1.29 is 35.5 Å². The summed E-state index contributed by atoms with van der Waals surface area (Å²) in [4.78, 5) is 10.3. The molecule has 0 aromatic rings. The van der Waals surface area contributed by atoms with Gasteiger partial charge in [0.15, 0.2) is 0 Å². The van der Waals surface area contributed by atoms with Crippen molar-refractivity contribution in [3.63, 3.8) is 0 Å². The van der Waals surface area contributed by atoms with Crippen LogP contribution in [0.5, 0.6) is 0 Å². The number of hydrogen-bond donors (Lipinski definition) is 1. The van der Waals surface area contributed by atoms with E-state index in [1.54, 1.807) is 0 Å². The van der Waals surface area contributed by atoms with Crippen molar-refractivity contribution in [1.82, 2.24) is 0 Å². The fourth-order valence-corrected chi connectivity index (χ4v) is 0.525. The fraction of sp³-hybridized carbons (Fsp3) is 0.500. The van der Waals surface area contributed by atoms with Gasteiger partial charge in [0.2, 0.25) is 5.78 Å². The van der Waals surface area contributed by atoms with Crippen molar-refractivity contribution in [2.24, 2.45) is 5.73 Å². The van der Waals surface area contributed by atoms with Crippen LogP contribution in [0.25, 0.3) is 0 Å². The molecule has 2 nitrogen and oxygen atoms in total. The summed E-state index contributed by atoms with van der Waals surface area (Å²) < 4.78 is 83.4. The lowest BCUT2D eigenvalue weighted by Gasteiger charge is -2.25. The zero-order valence-corrected chi connectivity index (χ0v) is 6.79. The van der Waals surface area contributed by atoms with Gasteiger partial charge in [0.25, 0.3) is 0 Å². The average molecular weight is 239 g/mol. The Bertz CT molecular complexity index is 280. The number of halogens is 7. The molecule has 0 aromatic carbocycles. The standard InChI is InChI=1S/C6H4F7NO/c7-4(8,3(15)1-2-14)5(9,10)6(11,12)13/h1-2H,14H2/b2-1+. The summed E-state index contributed by atoms with van der Waals surface area (Å²) in [5, 5.41) is 0. The molecule has 0 aliphatic heterocycles. The molecular weight excluding hydrogens is 235 g/mol. The molecule has 0 bridgehead atoms. The number of allylic oxidation sites excluding steroid dienone is 1. The van der Waals surface area contributed by atoms with E-state index in [1.165, 1.54) is 0 Å². The van der Waals surface area contributed by atoms with Crippen molar-refractivity contribution >= 4 is 5.78 Å². The van der Waals surface area contributed by atoms with E-state index in [0.29, 0.717) is 0 Å². The second kappa shape index (κ2) is 3.70. The second-order valence-corrected chi connectivity index (χ2v) is 2.37. The van der Waals surface area contributed by atoms with Crippen LogP contribution in [0.2, 0.25) is 0 Å². The van der Waals surface area contributed by atoms with E-state index < -0.39 is 23.8 Å². The SMILES string of the molecule is N/C=C/C(=O)C(F)(F)C(F)(F)C(F)(F)F. The molecule has 0 heterocycles. The van der Waals surface area contributed by atoms with Crippen LogP contribution in [-0.2, 0) is 4.79 Å². The van der Waals surface area contributed by atoms with Gasteiger partial charge >= 0.3 is 18.0 Å². The normalized spacial score (nSPS) is 14.6. The number of carbonyl (C=O) groups excluding carboxylic acids is 1. The Kier molecular flexibility index (Phi) is 3.39. The molecule has 15 heavy (non-hydrogen) atoms. The van der Waals surface area contributed by atoms with Gasteiger partial charge in [-0.15, -0.1) is 0 Å². The minimum atomic E-state index is -6.52. The third kappa shape index (κ3) is 2.21. The molecule has 0 aromatic heterocycles. The number of ketones is 1. The summed E-state index contributed by atoms with van der Waals surface area (Å²) in [5.41, 5.74) is 4.42. The lowest BCUT2D eigenvalue weighted by Crippen LogP contribution is -2.55. The predicted octanol–water partition coefficient (Wildman–Crippen LogP) is 1.86. The van der Waals surface area contributed by atoms with E-state index >= 15 is 0 Å². The van der Waals surface area contributed by atoms with Gasteiger partial charge in [0, 0.05) is 6.08 Å². The Morgan fingerprint density at radius 2 is 1.40 bits per heavy atom. The Balaban J connectivity index is 5.28. The number of carbonyl (C=O) groups is 1. The molecule has 2 N–H and O–H groups in total. The smallest absolute Gasteiger partial charge is 0.404 e. The maximum Gasteiger partial charge on any atom is 0.460 e. The summed E-state index contributed by atoms with van der Waals surface area (Å²) >= 11 is 0. The molecule has 0 spiro atoms. The summed E-state index contributed by atoms with van der Waals surface area (Å²) in [7, 11) is 0. The maximum absolute atomic E-state index is 12.4. The van der Waals surface area contributed by atoms with Crippen molar-refractivity contribution in [1.29, 1.82) is 0 Å². The van der Waals surface area contributed by atoms with Gasteiger partial charge in [0.05, 0.1) is 0 Å². The first kappa shape index (κ1) is 13.7. The minimum Gasteiger partial charge on any atom is -0.404 e. The van der Waals surface area contributed by atoms with E-state index in [-0.39, 0.29) is 12.3 Å². The molecule has 9 heteroatoms. The van der Waals surface area contributed by atoms with Gasteiger partial charge in [0.1, 0.15) is 0 Å². The van der Waals surface area contributed by atoms with Gasteiger partial charge in [-0.25, -0.2) is 0 Å². The highest BCUT2D eigenvalue weighted by atomic mass is 19.4. The first-order chi connectivity index (χ1) is 6.48. The van der Waals surface area contributed by atoms with Crippen LogP contribution >= 0.6 is 0 Å². The van der Waals surface area contributed by atoms with Gasteiger partial charge < -0.3 is 5.73 Å². The zero-order chi connectivity index (χ0) is 12.5. The van der Waals surface area contributed by atoms with Crippen LogP contribution in [-0.4, -0.2) is 23.8 Å². The van der Waals surface area contributed by atoms with Crippen LogP contribution in [0.1, 0.15) is 0 Å². The van der Waals surface area contributed by atoms with Crippen LogP contribution in [0, 0.1) is 0 Å². The molecule has 88 valence electrons. The first-order valence-electron chi connectivity index (χ1n) is 3.23. The van der Waals surface area contributed by atoms with E-state index in [2.05, 4.69) is 5.73 Å². The number of nitrogens with two attached hydrogens (primary N) is 1.